The predicted molar refractivity (Wildman–Crippen MR) is 99.1 cm³/mol. The first-order valence-corrected chi connectivity index (χ1v) is 8.22. The highest BCUT2D eigenvalue weighted by Crippen LogP contribution is 2.13. The number of nitrogens with one attached hydrogen (secondary N) is 1. The fourth-order valence-electron chi connectivity index (χ4n) is 2.65. The van der Waals surface area contributed by atoms with E-state index in [1.165, 1.54) is 0 Å². The van der Waals surface area contributed by atoms with Gasteiger partial charge in [0.15, 0.2) is 0 Å². The Morgan fingerprint density at radius 2 is 1.80 bits per heavy atom. The van der Waals surface area contributed by atoms with E-state index >= 15 is 0 Å². The monoisotopic (exact) mass is 336 g/mol. The minimum atomic E-state index is -0.613. The third kappa shape index (κ3) is 4.07. The minimum absolute atomic E-state index is 0.0371. The Balaban J connectivity index is 1.56. The number of carbonyl (C=O) groups is 1. The van der Waals surface area contributed by atoms with Crippen LogP contribution in [-0.2, 0) is 0 Å². The normalized spacial score (nSPS) is 10.6. The van der Waals surface area contributed by atoms with Gasteiger partial charge in [-0.25, -0.2) is 4.79 Å². The van der Waals surface area contributed by atoms with Crippen LogP contribution in [0, 0.1) is 0 Å². The molecule has 3 rings (SSSR count). The van der Waals surface area contributed by atoms with Gasteiger partial charge < -0.3 is 14.6 Å². The number of anilines is 1. The summed E-state index contributed by atoms with van der Waals surface area (Å²) in [7, 11) is 2.01. The zero-order chi connectivity index (χ0) is 17.6. The van der Waals surface area contributed by atoms with Crippen LogP contribution in [0.15, 0.2) is 69.9 Å². The van der Waals surface area contributed by atoms with Gasteiger partial charge in [-0.3, -0.25) is 4.79 Å². The van der Waals surface area contributed by atoms with Gasteiger partial charge in [0, 0.05) is 31.2 Å². The summed E-state index contributed by atoms with van der Waals surface area (Å²) in [5.41, 5.74) is 1.03. The van der Waals surface area contributed by atoms with Gasteiger partial charge in [-0.1, -0.05) is 36.4 Å². The third-order valence-corrected chi connectivity index (χ3v) is 4.04. The van der Waals surface area contributed by atoms with E-state index in [1.54, 1.807) is 18.2 Å². The molecule has 0 aliphatic heterocycles. The van der Waals surface area contributed by atoms with Crippen molar-refractivity contribution < 1.29 is 9.21 Å². The molecule has 0 atom stereocenters. The van der Waals surface area contributed by atoms with Crippen LogP contribution in [0.4, 0.5) is 5.69 Å². The molecule has 2 aromatic carbocycles. The second-order valence-corrected chi connectivity index (χ2v) is 5.85. The van der Waals surface area contributed by atoms with Crippen molar-refractivity contribution in [3.8, 4) is 0 Å². The molecule has 0 unspecified atom stereocenters. The Bertz CT molecular complexity index is 919. The smallest absolute Gasteiger partial charge is 0.349 e. The quantitative estimate of drug-likeness (QED) is 0.555. The van der Waals surface area contributed by atoms with E-state index in [4.69, 9.17) is 4.42 Å². The Kier molecular flexibility index (Phi) is 5.14. The van der Waals surface area contributed by atoms with Gasteiger partial charge in [-0.2, -0.15) is 0 Å². The molecule has 0 radical (unpaired) electrons. The van der Waals surface area contributed by atoms with Gasteiger partial charge in [0.05, 0.1) is 0 Å². The van der Waals surface area contributed by atoms with Crippen LogP contribution in [0.3, 0.4) is 0 Å². The number of fused-ring (bicyclic) bond motifs is 1. The van der Waals surface area contributed by atoms with Gasteiger partial charge in [0.25, 0.3) is 5.91 Å². The lowest BCUT2D eigenvalue weighted by Gasteiger charge is -2.19. The Morgan fingerprint density at radius 1 is 1.08 bits per heavy atom. The summed E-state index contributed by atoms with van der Waals surface area (Å²) in [4.78, 5) is 26.3. The topological polar surface area (TPSA) is 62.6 Å². The number of hydrogen-bond acceptors (Lipinski definition) is 4. The Hall–Kier alpha value is -3.08. The maximum atomic E-state index is 12.2. The SMILES string of the molecule is CN(CCCNC(=O)c1cc2ccccc2oc1=O)c1ccccc1. The molecule has 1 aromatic heterocycles. The first kappa shape index (κ1) is 16.8. The van der Waals surface area contributed by atoms with Gasteiger partial charge in [0.2, 0.25) is 0 Å². The van der Waals surface area contributed by atoms with Crippen LogP contribution in [0.25, 0.3) is 11.0 Å². The second-order valence-electron chi connectivity index (χ2n) is 5.85. The van der Waals surface area contributed by atoms with E-state index in [-0.39, 0.29) is 5.56 Å². The summed E-state index contributed by atoms with van der Waals surface area (Å²) in [6.07, 6.45) is 0.774. The van der Waals surface area contributed by atoms with Crippen LogP contribution in [-0.4, -0.2) is 26.0 Å². The summed E-state index contributed by atoms with van der Waals surface area (Å²) in [6.45, 7) is 1.29. The van der Waals surface area contributed by atoms with Gasteiger partial charge in [-0.05, 0) is 30.7 Å². The summed E-state index contributed by atoms with van der Waals surface area (Å²) < 4.78 is 5.19. The Labute approximate surface area is 145 Å². The first-order chi connectivity index (χ1) is 12.1. The molecule has 0 saturated heterocycles. The van der Waals surface area contributed by atoms with E-state index < -0.39 is 11.5 Å². The highest BCUT2D eigenvalue weighted by molar-refractivity contribution is 5.96. The molecule has 5 nitrogen and oxygen atoms in total. The van der Waals surface area contributed by atoms with Crippen molar-refractivity contribution in [1.82, 2.24) is 5.32 Å². The summed E-state index contributed by atoms with van der Waals surface area (Å²) in [5, 5.41) is 3.52. The van der Waals surface area contributed by atoms with Crippen molar-refractivity contribution in [3.05, 3.63) is 76.6 Å². The average Bonchev–Trinajstić information content (AvgIpc) is 2.65. The lowest BCUT2D eigenvalue weighted by Crippen LogP contribution is -2.31. The van der Waals surface area contributed by atoms with Crippen LogP contribution in [0.5, 0.6) is 0 Å². The lowest BCUT2D eigenvalue weighted by atomic mass is 10.2. The van der Waals surface area contributed by atoms with Crippen molar-refractivity contribution >= 4 is 22.6 Å². The van der Waals surface area contributed by atoms with Gasteiger partial charge in [0.1, 0.15) is 11.1 Å². The van der Waals surface area contributed by atoms with E-state index in [0.29, 0.717) is 12.1 Å². The number of hydrogen-bond donors (Lipinski definition) is 1. The molecular weight excluding hydrogens is 316 g/mol. The first-order valence-electron chi connectivity index (χ1n) is 8.22. The van der Waals surface area contributed by atoms with Crippen LogP contribution in [0.1, 0.15) is 16.8 Å². The van der Waals surface area contributed by atoms with Crippen molar-refractivity contribution in [3.63, 3.8) is 0 Å². The second kappa shape index (κ2) is 7.66. The number of benzene rings is 2. The van der Waals surface area contributed by atoms with Crippen LogP contribution in [0.2, 0.25) is 0 Å². The number of nitrogens with zero attached hydrogens (tertiary/aromatic N) is 1. The van der Waals surface area contributed by atoms with E-state index in [1.807, 2.05) is 49.5 Å². The van der Waals surface area contributed by atoms with Gasteiger partial charge in [-0.15, -0.1) is 0 Å². The number of rotatable bonds is 6. The molecule has 0 aliphatic rings. The average molecular weight is 336 g/mol. The third-order valence-electron chi connectivity index (χ3n) is 4.04. The van der Waals surface area contributed by atoms with E-state index in [2.05, 4.69) is 10.2 Å². The van der Waals surface area contributed by atoms with E-state index in [0.717, 1.165) is 24.0 Å². The minimum Gasteiger partial charge on any atom is -0.422 e. The highest BCUT2D eigenvalue weighted by Gasteiger charge is 2.13. The molecular formula is C20H20N2O3. The lowest BCUT2D eigenvalue weighted by molar-refractivity contribution is 0.0950. The molecule has 1 heterocycles. The molecule has 0 bridgehead atoms. The largest absolute Gasteiger partial charge is 0.422 e. The molecule has 5 heteroatoms. The molecule has 1 N–H and O–H groups in total. The van der Waals surface area contributed by atoms with Crippen molar-refractivity contribution in [2.45, 2.75) is 6.42 Å². The standard InChI is InChI=1S/C20H20N2O3/c1-22(16-9-3-2-4-10-16)13-7-12-21-19(23)17-14-15-8-5-6-11-18(15)25-20(17)24/h2-6,8-11,14H,7,12-13H2,1H3,(H,21,23). The number of para-hydroxylation sites is 2. The maximum absolute atomic E-state index is 12.2. The fourth-order valence-corrected chi connectivity index (χ4v) is 2.65. The summed E-state index contributed by atoms with van der Waals surface area (Å²) >= 11 is 0. The van der Waals surface area contributed by atoms with Crippen molar-refractivity contribution in [1.29, 1.82) is 0 Å². The molecule has 3 aromatic rings. The number of carbonyl (C=O) groups excluding carboxylic acids is 1. The summed E-state index contributed by atoms with van der Waals surface area (Å²) in [5.74, 6) is -0.401. The summed E-state index contributed by atoms with van der Waals surface area (Å²) in [6, 6.07) is 18.8. The number of amides is 1. The molecule has 0 fully saturated rings. The predicted octanol–water partition coefficient (Wildman–Crippen LogP) is 3.05. The molecule has 0 spiro atoms. The van der Waals surface area contributed by atoms with Crippen molar-refractivity contribution in [2.75, 3.05) is 25.0 Å². The fraction of sp³-hybridized carbons (Fsp3) is 0.200. The zero-order valence-electron chi connectivity index (χ0n) is 14.1. The van der Waals surface area contributed by atoms with E-state index in [9.17, 15) is 9.59 Å². The van der Waals surface area contributed by atoms with Gasteiger partial charge >= 0.3 is 5.63 Å². The molecule has 128 valence electrons. The van der Waals surface area contributed by atoms with Crippen LogP contribution >= 0.6 is 0 Å². The van der Waals surface area contributed by atoms with Crippen molar-refractivity contribution in [2.24, 2.45) is 0 Å². The Morgan fingerprint density at radius 3 is 2.60 bits per heavy atom. The molecule has 25 heavy (non-hydrogen) atoms. The zero-order valence-corrected chi connectivity index (χ0v) is 14.1. The molecule has 0 saturated carbocycles. The van der Waals surface area contributed by atoms with Crippen LogP contribution < -0.4 is 15.8 Å². The maximum Gasteiger partial charge on any atom is 0.349 e. The molecule has 0 aliphatic carbocycles. The molecule has 1 amide bonds. The highest BCUT2D eigenvalue weighted by atomic mass is 16.4.